The highest BCUT2D eigenvalue weighted by molar-refractivity contribution is 6.17. The number of carbonyl (C=O) groups is 6. The molecule has 4 aromatic rings. The summed E-state index contributed by atoms with van der Waals surface area (Å²) < 4.78 is 34.4. The molecule has 4 rings (SSSR count). The van der Waals surface area contributed by atoms with E-state index in [1.807, 2.05) is 0 Å². The molecular weight excluding hydrogens is 896 g/mol. The normalized spacial score (nSPS) is 9.83. The van der Waals surface area contributed by atoms with Gasteiger partial charge in [-0.2, -0.15) is 0 Å². The van der Waals surface area contributed by atoms with Crippen molar-refractivity contribution in [3.05, 3.63) is 127 Å². The predicted molar refractivity (Wildman–Crippen MR) is 217 cm³/mol. The molecule has 0 saturated heterocycles. The molecule has 0 amide bonds. The molecule has 0 unspecified atom stereocenters. The highest BCUT2D eigenvalue weighted by atomic mass is 35.5. The predicted octanol–water partition coefficient (Wildman–Crippen LogP) is 5.30. The fraction of sp³-hybridized carbons (Fsp3) is 0.250. The van der Waals surface area contributed by atoms with Crippen molar-refractivity contribution in [2.45, 2.75) is 26.7 Å². The molecule has 0 aliphatic carbocycles. The molecule has 0 atom stereocenters. The third kappa shape index (κ3) is 20.3. The molecule has 0 radical (unpaired) electrons. The number of ether oxygens (including phenoxy) is 7. The van der Waals surface area contributed by atoms with Crippen LogP contribution in [0.3, 0.4) is 0 Å². The van der Waals surface area contributed by atoms with Gasteiger partial charge in [0.15, 0.2) is 6.07 Å². The summed E-state index contributed by atoms with van der Waals surface area (Å²) in [4.78, 5) is 96.1. The van der Waals surface area contributed by atoms with Crippen LogP contribution in [0.4, 0.5) is 0 Å². The van der Waals surface area contributed by atoms with E-state index in [0.717, 1.165) is 12.1 Å². The van der Waals surface area contributed by atoms with Crippen LogP contribution in [0.25, 0.3) is 0 Å². The van der Waals surface area contributed by atoms with Gasteiger partial charge in [-0.1, -0.05) is 35.9 Å². The van der Waals surface area contributed by atoms with Crippen molar-refractivity contribution in [1.29, 1.82) is 0 Å². The van der Waals surface area contributed by atoms with Gasteiger partial charge in [0.1, 0.15) is 56.8 Å². The summed E-state index contributed by atoms with van der Waals surface area (Å²) in [5, 5.41) is 46.1. The van der Waals surface area contributed by atoms with Gasteiger partial charge in [0, 0.05) is 38.8 Å². The van der Waals surface area contributed by atoms with E-state index in [9.17, 15) is 59.2 Å². The molecular formula is C40H39ClN2O22. The van der Waals surface area contributed by atoms with E-state index in [2.05, 4.69) is 14.4 Å². The van der Waals surface area contributed by atoms with E-state index in [4.69, 9.17) is 45.1 Å². The number of para-hydroxylation sites is 2. The molecule has 65 heavy (non-hydrogen) atoms. The first kappa shape index (κ1) is 52.7. The van der Waals surface area contributed by atoms with Gasteiger partial charge in [-0.05, 0) is 48.5 Å². The summed E-state index contributed by atoms with van der Waals surface area (Å²) in [6.45, 7) is 1.68. The van der Waals surface area contributed by atoms with Crippen LogP contribution >= 0.6 is 11.6 Å². The minimum atomic E-state index is -1.24. The lowest BCUT2D eigenvalue weighted by Crippen LogP contribution is -2.15. The Labute approximate surface area is 371 Å². The summed E-state index contributed by atoms with van der Waals surface area (Å²) >= 11 is 5.25. The number of hydrogen-bond donors (Lipinski definition) is 3. The highest BCUT2D eigenvalue weighted by Gasteiger charge is 2.19. The molecule has 0 aliphatic rings. The number of aromatic hydroxyl groups is 2. The van der Waals surface area contributed by atoms with Gasteiger partial charge in [0.05, 0.1) is 26.4 Å². The summed E-state index contributed by atoms with van der Waals surface area (Å²) in [6, 6.07) is 19.4. The maximum absolute atomic E-state index is 12.1. The third-order valence-corrected chi connectivity index (χ3v) is 7.29. The minimum Gasteiger partial charge on any atom is -0.507 e. The molecule has 3 N–H and O–H groups in total. The molecule has 25 heteroatoms. The second-order valence-corrected chi connectivity index (χ2v) is 12.1. The fourth-order valence-electron chi connectivity index (χ4n) is 4.51. The van der Waals surface area contributed by atoms with E-state index in [1.165, 1.54) is 68.4 Å². The van der Waals surface area contributed by atoms with E-state index >= 15 is 0 Å². The Balaban J connectivity index is 0.000000370. The lowest BCUT2D eigenvalue weighted by atomic mass is 10.2. The molecule has 0 aliphatic heterocycles. The topological polar surface area (TPSA) is 332 Å². The van der Waals surface area contributed by atoms with Crippen LogP contribution in [0, 0.1) is 20.2 Å². The molecule has 0 saturated carbocycles. The number of phenolic OH excluding ortho intramolecular Hbond substituents is 1. The maximum atomic E-state index is 12.1. The summed E-state index contributed by atoms with van der Waals surface area (Å²) in [6.07, 6.45) is 0.528. The highest BCUT2D eigenvalue weighted by Crippen LogP contribution is 2.26. The zero-order valence-electron chi connectivity index (χ0n) is 34.1. The van der Waals surface area contributed by atoms with Crippen LogP contribution in [-0.2, 0) is 33.5 Å². The van der Waals surface area contributed by atoms with Crippen molar-refractivity contribution in [2.75, 3.05) is 39.3 Å². The lowest BCUT2D eigenvalue weighted by Gasteiger charge is -2.11. The van der Waals surface area contributed by atoms with Crippen molar-refractivity contribution in [1.82, 2.24) is 0 Å². The van der Waals surface area contributed by atoms with Gasteiger partial charge >= 0.3 is 35.8 Å². The van der Waals surface area contributed by atoms with Gasteiger partial charge in [-0.15, -0.1) is 20.2 Å². The van der Waals surface area contributed by atoms with Crippen LogP contribution in [-0.4, -0.2) is 101 Å². The monoisotopic (exact) mass is 934 g/mol. The maximum Gasteiger partial charge on any atom is 0.344 e. The Kier molecular flexibility index (Phi) is 22.9. The van der Waals surface area contributed by atoms with E-state index < -0.39 is 64.3 Å². The van der Waals surface area contributed by atoms with Crippen LogP contribution in [0.1, 0.15) is 68.1 Å². The first-order valence-electron chi connectivity index (χ1n) is 18.2. The molecule has 4 aromatic carbocycles. The SMILES string of the molecule is CC(=O)Oc1ccccc1C(=O)OCCl.CC(=O)Oc1ccccc1C(=O)OCOC(=O)c1ccc(OCCCO[N+](=O)[O-])cc1O.O=C(O)c1ccc(OCCCO[N+](=O)[O-])cc1O. The Bertz CT molecular complexity index is 2290. The van der Waals surface area contributed by atoms with Crippen LogP contribution in [0.15, 0.2) is 84.9 Å². The van der Waals surface area contributed by atoms with Gasteiger partial charge in [-0.25, -0.2) is 19.2 Å². The Morgan fingerprint density at radius 3 is 1.35 bits per heavy atom. The second-order valence-electron chi connectivity index (χ2n) is 11.9. The van der Waals surface area contributed by atoms with Gasteiger partial charge < -0.3 is 58.2 Å². The zero-order valence-corrected chi connectivity index (χ0v) is 34.9. The average molecular weight is 935 g/mol. The minimum absolute atomic E-state index is 0.00509. The quantitative estimate of drug-likeness (QED) is 0.0181. The van der Waals surface area contributed by atoms with Crippen molar-refractivity contribution in [2.24, 2.45) is 0 Å². The van der Waals surface area contributed by atoms with E-state index in [-0.39, 0.29) is 84.2 Å². The number of hydrogen-bond acceptors (Lipinski definition) is 21. The number of benzene rings is 4. The number of nitrogens with zero attached hydrogens (tertiary/aromatic N) is 2. The van der Waals surface area contributed by atoms with Crippen LogP contribution < -0.4 is 18.9 Å². The molecule has 0 heterocycles. The molecule has 0 bridgehead atoms. The number of rotatable bonds is 21. The van der Waals surface area contributed by atoms with E-state index in [1.54, 1.807) is 18.2 Å². The van der Waals surface area contributed by atoms with Gasteiger partial charge in [0.25, 0.3) is 10.2 Å². The molecule has 348 valence electrons. The Hall–Kier alpha value is -8.41. The van der Waals surface area contributed by atoms with E-state index in [0.29, 0.717) is 6.42 Å². The number of carboxylic acid groups (broad SMARTS) is 1. The number of phenols is 2. The summed E-state index contributed by atoms with van der Waals surface area (Å²) in [7, 11) is 0. The van der Waals surface area contributed by atoms with Crippen molar-refractivity contribution in [3.63, 3.8) is 0 Å². The second kappa shape index (κ2) is 28.2. The average Bonchev–Trinajstić information content (AvgIpc) is 3.23. The largest absolute Gasteiger partial charge is 0.507 e. The number of halogens is 1. The molecule has 0 aromatic heterocycles. The molecule has 0 spiro atoms. The number of esters is 5. The summed E-state index contributed by atoms with van der Waals surface area (Å²) in [5.41, 5.74) is -0.288. The molecule has 0 fully saturated rings. The Morgan fingerprint density at radius 2 is 0.969 bits per heavy atom. The summed E-state index contributed by atoms with van der Waals surface area (Å²) in [5.74, 6) is -5.02. The smallest absolute Gasteiger partial charge is 0.344 e. The number of aromatic carboxylic acids is 1. The van der Waals surface area contributed by atoms with Crippen LogP contribution in [0.5, 0.6) is 34.5 Å². The van der Waals surface area contributed by atoms with Crippen molar-refractivity contribution < 1.29 is 97.1 Å². The Morgan fingerprint density at radius 1 is 0.569 bits per heavy atom. The fourth-order valence-corrected chi connectivity index (χ4v) is 4.61. The number of alkyl halides is 1. The lowest BCUT2D eigenvalue weighted by molar-refractivity contribution is -0.757. The molecule has 24 nitrogen and oxygen atoms in total. The third-order valence-electron chi connectivity index (χ3n) is 7.18. The number of carboxylic acids is 1. The van der Waals surface area contributed by atoms with Crippen molar-refractivity contribution in [3.8, 4) is 34.5 Å². The van der Waals surface area contributed by atoms with Gasteiger partial charge in [-0.3, -0.25) is 9.59 Å². The van der Waals surface area contributed by atoms with Crippen LogP contribution in [0.2, 0.25) is 0 Å². The zero-order chi connectivity index (χ0) is 48.3. The van der Waals surface area contributed by atoms with Gasteiger partial charge in [0.2, 0.25) is 6.79 Å². The standard InChI is InChI=1S/C20H19NO11.C10H9ClO4.C10H11NO7/c1-13(22)32-18-6-3-2-5-16(18)20(25)30-12-29-19(24)15-8-7-14(11-17(15)23)28-9-4-10-31-21(26)27;1-7(12)15-9-5-3-2-4-8(9)10(13)14-6-11;12-9-6-7(2-3-8(9)10(13)14)17-4-1-5-18-11(15)16/h2-3,5-8,11,23H,4,9-10,12H2,1H3;2-5H,6H2,1H3;2-3,6,12H,1,4-5H2,(H,13,14). The number of carbonyl (C=O) groups excluding carboxylic acids is 5. The first-order chi connectivity index (χ1) is 30.9. The first-order valence-corrected chi connectivity index (χ1v) is 18.8. The van der Waals surface area contributed by atoms with Crippen molar-refractivity contribution >= 4 is 47.4 Å².